The van der Waals surface area contributed by atoms with Crippen LogP contribution >= 0.6 is 11.8 Å². The first-order valence-electron chi connectivity index (χ1n) is 29.8. The summed E-state index contributed by atoms with van der Waals surface area (Å²) in [4.78, 5) is 28.7. The zero-order valence-electron chi connectivity index (χ0n) is 46.3. The smallest absolute Gasteiger partial charge is 0.252 e. The topological polar surface area (TPSA) is 85.9 Å². The Morgan fingerprint density at radius 1 is 0.493 bits per heavy atom. The summed E-state index contributed by atoms with van der Waals surface area (Å²) in [6.45, 7) is 8.82. The molecule has 7 nitrogen and oxygen atoms in total. The van der Waals surface area contributed by atoms with E-state index in [9.17, 15) is 9.59 Å². The van der Waals surface area contributed by atoms with Gasteiger partial charge in [0.25, 0.3) is 5.91 Å². The second kappa shape index (κ2) is 36.7. The molecule has 1 atom stereocenters. The maximum Gasteiger partial charge on any atom is 0.252 e. The average Bonchev–Trinajstić information content (AvgIpc) is 3.41. The number of nitrogens with one attached hydrogen (secondary N) is 2. The summed E-state index contributed by atoms with van der Waals surface area (Å²) in [5.41, 5.74) is 1.46. The van der Waals surface area contributed by atoms with Gasteiger partial charge in [-0.3, -0.25) is 9.59 Å². The molecule has 0 saturated carbocycles. The molecule has 0 spiro atoms. The molecule has 5 aromatic carbocycles. The summed E-state index contributed by atoms with van der Waals surface area (Å²) in [6, 6.07) is 22.3. The second-order valence-corrected chi connectivity index (χ2v) is 22.0. The molecule has 0 aliphatic rings. The highest BCUT2D eigenvalue weighted by Gasteiger charge is 2.25. The van der Waals surface area contributed by atoms with Crippen molar-refractivity contribution in [2.45, 2.75) is 232 Å². The van der Waals surface area contributed by atoms with Crippen LogP contribution in [-0.4, -0.2) is 49.7 Å². The van der Waals surface area contributed by atoms with Gasteiger partial charge in [-0.15, -0.1) is 0 Å². The highest BCUT2D eigenvalue weighted by atomic mass is 32.2. The van der Waals surface area contributed by atoms with E-state index in [1.165, 1.54) is 181 Å². The van der Waals surface area contributed by atoms with Gasteiger partial charge in [0.05, 0.1) is 19.8 Å². The summed E-state index contributed by atoms with van der Waals surface area (Å²) >= 11 is 1.67. The number of amides is 2. The van der Waals surface area contributed by atoms with Crippen molar-refractivity contribution in [2.75, 3.05) is 31.8 Å². The molecule has 5 aromatic rings. The van der Waals surface area contributed by atoms with Gasteiger partial charge in [-0.1, -0.05) is 249 Å². The lowest BCUT2D eigenvalue weighted by Crippen LogP contribution is -2.46. The first-order chi connectivity index (χ1) is 36.0. The Morgan fingerprint density at radius 2 is 0.904 bits per heavy atom. The number of carbonyl (C=O) groups is 2. The van der Waals surface area contributed by atoms with Crippen LogP contribution in [0.3, 0.4) is 0 Å². The van der Waals surface area contributed by atoms with Gasteiger partial charge in [-0.05, 0) is 87.7 Å². The number of unbranched alkanes of at least 4 members (excludes halogenated alkanes) is 27. The monoisotopic (exact) mass is 1020 g/mol. The number of thioether (sulfide) groups is 1. The molecule has 8 heteroatoms. The number of ether oxygens (including phenoxy) is 3. The van der Waals surface area contributed by atoms with Crippen molar-refractivity contribution in [2.24, 2.45) is 0 Å². The maximum atomic E-state index is 14.5. The maximum absolute atomic E-state index is 14.5. The van der Waals surface area contributed by atoms with E-state index in [2.05, 4.69) is 86.0 Å². The molecular formula is C65H98N2O5S. The lowest BCUT2D eigenvalue weighted by Gasteiger charge is -2.21. The minimum absolute atomic E-state index is 0.195. The second-order valence-electron chi connectivity index (χ2n) is 21.0. The number of rotatable bonds is 44. The summed E-state index contributed by atoms with van der Waals surface area (Å²) in [5.74, 6) is 1.90. The molecule has 0 unspecified atom stereocenters. The fraction of sp³-hybridized carbons (Fsp3) is 0.631. The van der Waals surface area contributed by atoms with Crippen LogP contribution in [0.2, 0.25) is 0 Å². The fourth-order valence-corrected chi connectivity index (χ4v) is 10.8. The highest BCUT2D eigenvalue weighted by Crippen LogP contribution is 2.40. The van der Waals surface area contributed by atoms with E-state index in [4.69, 9.17) is 14.2 Å². The molecule has 0 bridgehead atoms. The molecule has 2 N–H and O–H groups in total. The number of carbonyl (C=O) groups excluding carboxylic acids is 2. The molecule has 2 amide bonds. The minimum Gasteiger partial charge on any atom is -0.490 e. The molecule has 0 aromatic heterocycles. The van der Waals surface area contributed by atoms with Gasteiger partial charge in [0.1, 0.15) is 6.04 Å². The normalized spacial score (nSPS) is 12.0. The molecule has 0 saturated heterocycles. The van der Waals surface area contributed by atoms with Crippen molar-refractivity contribution in [3.05, 3.63) is 77.9 Å². The quantitative estimate of drug-likeness (QED) is 0.0299. The minimum atomic E-state index is -0.723. The van der Waals surface area contributed by atoms with Gasteiger partial charge >= 0.3 is 0 Å². The van der Waals surface area contributed by atoms with Crippen LogP contribution in [0.4, 0.5) is 0 Å². The lowest BCUT2D eigenvalue weighted by molar-refractivity contribution is -0.123. The van der Waals surface area contributed by atoms with Gasteiger partial charge in [0.15, 0.2) is 11.5 Å². The molecule has 0 radical (unpaired) electrons. The Kier molecular flexibility index (Phi) is 30.0. The van der Waals surface area contributed by atoms with Crippen LogP contribution in [0.25, 0.3) is 32.3 Å². The third-order valence-electron chi connectivity index (χ3n) is 14.8. The summed E-state index contributed by atoms with van der Waals surface area (Å²) in [7, 11) is 0. The van der Waals surface area contributed by atoms with Crippen molar-refractivity contribution < 1.29 is 23.8 Å². The Hall–Kier alpha value is -4.17. The number of benzene rings is 5. The molecular weight excluding hydrogens is 921 g/mol. The molecule has 73 heavy (non-hydrogen) atoms. The third kappa shape index (κ3) is 21.5. The van der Waals surface area contributed by atoms with E-state index in [-0.39, 0.29) is 11.8 Å². The van der Waals surface area contributed by atoms with Crippen LogP contribution in [0.1, 0.15) is 236 Å². The number of hydrogen-bond acceptors (Lipinski definition) is 6. The first-order valence-corrected chi connectivity index (χ1v) is 31.2. The van der Waals surface area contributed by atoms with E-state index in [1.807, 2.05) is 18.4 Å². The molecule has 0 heterocycles. The Labute approximate surface area is 447 Å². The SMILES string of the molecule is CCCCCCCCCCCCOc1cc(C(=O)N[C@@H](CCSC)C(=O)NCc2ccc3ccc4cccc5ccc2c3c45)cc(OCCCCCCCCCCCC)c1OCCCCCCCCCCCC. The van der Waals surface area contributed by atoms with E-state index in [0.717, 1.165) is 55.2 Å². The molecule has 404 valence electrons. The van der Waals surface area contributed by atoms with Gasteiger partial charge in [-0.25, -0.2) is 0 Å². The van der Waals surface area contributed by atoms with Crippen molar-refractivity contribution in [3.63, 3.8) is 0 Å². The van der Waals surface area contributed by atoms with Crippen LogP contribution in [0.5, 0.6) is 17.2 Å². The molecule has 0 aliphatic heterocycles. The Bertz CT molecular complexity index is 2200. The average molecular weight is 1020 g/mol. The molecule has 0 fully saturated rings. The van der Waals surface area contributed by atoms with Crippen molar-refractivity contribution in [1.29, 1.82) is 0 Å². The summed E-state index contributed by atoms with van der Waals surface area (Å²) in [6.07, 6.45) is 40.0. The Balaban J connectivity index is 1.28. The van der Waals surface area contributed by atoms with Crippen LogP contribution in [0.15, 0.2) is 66.7 Å². The Morgan fingerprint density at radius 3 is 1.37 bits per heavy atom. The highest BCUT2D eigenvalue weighted by molar-refractivity contribution is 7.98. The van der Waals surface area contributed by atoms with Gasteiger partial charge in [0.2, 0.25) is 11.7 Å². The predicted molar refractivity (Wildman–Crippen MR) is 315 cm³/mol. The van der Waals surface area contributed by atoms with Crippen molar-refractivity contribution >= 4 is 55.9 Å². The standard InChI is InChI=1S/C65H98N2O5S/c1-5-8-11-14-17-20-23-26-29-32-45-70-59-49-56(50-60(71-46-33-30-27-24-21-18-15-12-9-6-2)63(59)72-47-34-31-28-25-22-19-16-13-10-7-3)64(68)67-58(44-48-73-4)65(69)66-51-55-41-40-54-39-38-52-36-35-37-53-42-43-57(55)62(54)61(52)53/h35-43,49-50,58H,5-34,44-48,51H2,1-4H3,(H,66,69)(H,67,68)/t58-/m0/s1. The first kappa shape index (κ1) is 59.7. The predicted octanol–water partition coefficient (Wildman–Crippen LogP) is 18.7. The van der Waals surface area contributed by atoms with E-state index in [0.29, 0.717) is 55.6 Å². The largest absolute Gasteiger partial charge is 0.490 e. The van der Waals surface area contributed by atoms with E-state index in [1.54, 1.807) is 11.8 Å². The zero-order valence-corrected chi connectivity index (χ0v) is 47.2. The van der Waals surface area contributed by atoms with Gasteiger partial charge in [0, 0.05) is 12.1 Å². The molecule has 0 aliphatic carbocycles. The molecule has 5 rings (SSSR count). The van der Waals surface area contributed by atoms with Gasteiger partial charge in [-0.2, -0.15) is 11.8 Å². The summed E-state index contributed by atoms with van der Waals surface area (Å²) < 4.78 is 19.9. The van der Waals surface area contributed by atoms with Gasteiger partial charge < -0.3 is 24.8 Å². The van der Waals surface area contributed by atoms with Crippen molar-refractivity contribution in [3.8, 4) is 17.2 Å². The van der Waals surface area contributed by atoms with E-state index >= 15 is 0 Å². The third-order valence-corrected chi connectivity index (χ3v) is 15.5. The van der Waals surface area contributed by atoms with Crippen molar-refractivity contribution in [1.82, 2.24) is 10.6 Å². The lowest BCUT2D eigenvalue weighted by atomic mass is 9.92. The van der Waals surface area contributed by atoms with Crippen LogP contribution in [0, 0.1) is 0 Å². The van der Waals surface area contributed by atoms with Crippen LogP contribution < -0.4 is 24.8 Å². The summed E-state index contributed by atoms with van der Waals surface area (Å²) in [5, 5.41) is 13.6. The number of hydrogen-bond donors (Lipinski definition) is 2. The van der Waals surface area contributed by atoms with Crippen LogP contribution in [-0.2, 0) is 11.3 Å². The zero-order chi connectivity index (χ0) is 51.6. The van der Waals surface area contributed by atoms with E-state index < -0.39 is 6.04 Å². The fourth-order valence-electron chi connectivity index (χ4n) is 10.4.